The fourth-order valence-electron chi connectivity index (χ4n) is 4.52. The van der Waals surface area contributed by atoms with Gasteiger partial charge in [-0.15, -0.1) is 0 Å². The number of hydrogen-bond acceptors (Lipinski definition) is 6. The highest BCUT2D eigenvalue weighted by atomic mass is 79.9. The Bertz CT molecular complexity index is 1550. The summed E-state index contributed by atoms with van der Waals surface area (Å²) in [5.74, 6) is -1.85. The molecule has 174 valence electrons. The van der Waals surface area contributed by atoms with Gasteiger partial charge in [0.15, 0.2) is 5.78 Å². The Kier molecular flexibility index (Phi) is 5.52. The molecule has 8 nitrogen and oxygen atoms in total. The van der Waals surface area contributed by atoms with E-state index in [0.29, 0.717) is 16.7 Å². The Labute approximate surface area is 207 Å². The molecule has 0 amide bonds. The first-order valence-corrected chi connectivity index (χ1v) is 12.3. The second kappa shape index (κ2) is 8.28. The van der Waals surface area contributed by atoms with E-state index in [0.717, 1.165) is 38.6 Å². The summed E-state index contributed by atoms with van der Waals surface area (Å²) in [6.07, 6.45) is 0. The molecule has 34 heavy (non-hydrogen) atoms. The van der Waals surface area contributed by atoms with Gasteiger partial charge in [-0.1, -0.05) is 41.1 Å². The number of aryl methyl sites for hydroxylation is 2. The van der Waals surface area contributed by atoms with Gasteiger partial charge in [0.2, 0.25) is 0 Å². The van der Waals surface area contributed by atoms with E-state index in [1.54, 1.807) is 23.5 Å². The highest BCUT2D eigenvalue weighted by molar-refractivity contribution is 9.10. The summed E-state index contributed by atoms with van der Waals surface area (Å²) in [5.41, 5.74) is 2.61. The molecule has 2 N–H and O–H groups in total. The van der Waals surface area contributed by atoms with Crippen molar-refractivity contribution in [2.45, 2.75) is 32.1 Å². The van der Waals surface area contributed by atoms with Crippen molar-refractivity contribution in [3.63, 3.8) is 0 Å². The van der Waals surface area contributed by atoms with Crippen LogP contribution in [0.5, 0.6) is 0 Å². The van der Waals surface area contributed by atoms with Crippen LogP contribution in [-0.4, -0.2) is 36.8 Å². The van der Waals surface area contributed by atoms with Gasteiger partial charge in [0.05, 0.1) is 16.8 Å². The Hall–Kier alpha value is -3.11. The Balaban J connectivity index is 1.77. The zero-order valence-corrected chi connectivity index (χ0v) is 21.0. The lowest BCUT2D eigenvalue weighted by Crippen LogP contribution is -2.41. The van der Waals surface area contributed by atoms with Crippen LogP contribution in [0, 0.1) is 19.8 Å². The molecule has 5 rings (SSSR count). The molecule has 0 aliphatic carbocycles. The lowest BCUT2D eigenvalue weighted by molar-refractivity contribution is -0.142. The predicted molar refractivity (Wildman–Crippen MR) is 136 cm³/mol. The first-order chi connectivity index (χ1) is 16.2. The second-order valence-corrected chi connectivity index (χ2v) is 10.4. The molecule has 0 bridgehead atoms. The largest absolute Gasteiger partial charge is 0.481 e. The molecule has 2 aromatic carbocycles. The van der Waals surface area contributed by atoms with Crippen molar-refractivity contribution in [1.29, 1.82) is 0 Å². The number of para-hydroxylation sites is 1. The van der Waals surface area contributed by atoms with Gasteiger partial charge in [0, 0.05) is 26.6 Å². The van der Waals surface area contributed by atoms with Crippen molar-refractivity contribution in [1.82, 2.24) is 14.6 Å². The van der Waals surface area contributed by atoms with Crippen LogP contribution in [0.1, 0.15) is 30.0 Å². The number of aromatic nitrogens is 3. The van der Waals surface area contributed by atoms with Crippen molar-refractivity contribution in [3.8, 4) is 0 Å². The minimum atomic E-state index is -1.06. The second-order valence-electron chi connectivity index (χ2n) is 8.41. The fraction of sp³-hybridized carbons (Fsp3) is 0.250. The molecule has 4 aromatic rings. The van der Waals surface area contributed by atoms with Crippen molar-refractivity contribution in [2.24, 2.45) is 5.92 Å². The van der Waals surface area contributed by atoms with Gasteiger partial charge in [-0.3, -0.25) is 14.4 Å². The minimum absolute atomic E-state index is 0.256. The molecule has 3 heterocycles. The summed E-state index contributed by atoms with van der Waals surface area (Å²) >= 11 is 4.48. The van der Waals surface area contributed by atoms with Crippen LogP contribution in [-0.2, 0) is 9.59 Å². The van der Waals surface area contributed by atoms with Gasteiger partial charge < -0.3 is 10.1 Å². The van der Waals surface area contributed by atoms with E-state index < -0.39 is 23.2 Å². The number of hydrogen-bond donors (Lipinski definition) is 2. The fourth-order valence-corrected chi connectivity index (χ4v) is 6.26. The molecule has 1 aliphatic heterocycles. The Morgan fingerprint density at radius 3 is 2.65 bits per heavy atom. The van der Waals surface area contributed by atoms with Crippen LogP contribution < -0.4 is 9.97 Å². The van der Waals surface area contributed by atoms with Crippen LogP contribution in [0.3, 0.4) is 0 Å². The van der Waals surface area contributed by atoms with Crippen LogP contribution in [0.15, 0.2) is 51.7 Å². The monoisotopic (exact) mass is 540 g/mol. The van der Waals surface area contributed by atoms with Crippen molar-refractivity contribution < 1.29 is 14.7 Å². The summed E-state index contributed by atoms with van der Waals surface area (Å²) in [6.45, 7) is 5.11. The third-order valence-corrected chi connectivity index (χ3v) is 8.17. The number of ketones is 1. The van der Waals surface area contributed by atoms with Crippen molar-refractivity contribution >= 4 is 61.4 Å². The van der Waals surface area contributed by atoms with Gasteiger partial charge in [0.25, 0.3) is 5.56 Å². The lowest BCUT2D eigenvalue weighted by atomic mass is 9.93. The number of benzene rings is 2. The molecule has 2 aromatic heterocycles. The summed E-state index contributed by atoms with van der Waals surface area (Å²) < 4.78 is 3.75. The molecule has 0 radical (unpaired) electrons. The molecule has 0 spiro atoms. The number of rotatable bonds is 4. The number of aliphatic carboxylic acids is 1. The molecule has 3 atom stereocenters. The van der Waals surface area contributed by atoms with Crippen LogP contribution in [0.25, 0.3) is 21.8 Å². The number of carboxylic acids is 1. The van der Waals surface area contributed by atoms with Gasteiger partial charge in [0.1, 0.15) is 17.1 Å². The van der Waals surface area contributed by atoms with Gasteiger partial charge >= 0.3 is 5.97 Å². The minimum Gasteiger partial charge on any atom is -0.481 e. The first-order valence-electron chi connectivity index (χ1n) is 10.7. The molecule has 1 fully saturated rings. The number of nitrogens with zero attached hydrogens (tertiary/aromatic N) is 3. The lowest BCUT2D eigenvalue weighted by Gasteiger charge is -2.27. The summed E-state index contributed by atoms with van der Waals surface area (Å²) in [4.78, 5) is 47.2. The zero-order chi connectivity index (χ0) is 24.3. The van der Waals surface area contributed by atoms with Gasteiger partial charge in [-0.25, -0.2) is 9.40 Å². The third-order valence-electron chi connectivity index (χ3n) is 6.22. The molecule has 0 saturated carbocycles. The average molecular weight is 541 g/mol. The molecule has 1 saturated heterocycles. The number of carbonyl (C=O) groups excluding carboxylic acids is 1. The van der Waals surface area contributed by atoms with Crippen molar-refractivity contribution in [2.75, 3.05) is 4.41 Å². The maximum Gasteiger partial charge on any atom is 0.307 e. The van der Waals surface area contributed by atoms with E-state index >= 15 is 0 Å². The normalized spacial score (nSPS) is 19.3. The Morgan fingerprint density at radius 2 is 1.91 bits per heavy atom. The van der Waals surface area contributed by atoms with Crippen molar-refractivity contribution in [3.05, 3.63) is 74.4 Å². The molecule has 10 heteroatoms. The third kappa shape index (κ3) is 3.43. The maximum atomic E-state index is 13.8. The SMILES string of the molecule is Cc1[nH]c2ccccc2c1C1C(=O)C(C(C)C(=O)O)SN1n1c(C)nc2ccc(Br)cc2c1=O. The van der Waals surface area contributed by atoms with E-state index in [4.69, 9.17) is 0 Å². The highest BCUT2D eigenvalue weighted by Crippen LogP contribution is 2.45. The number of H-pyrrole nitrogens is 1. The van der Waals surface area contributed by atoms with Crippen LogP contribution in [0.2, 0.25) is 0 Å². The van der Waals surface area contributed by atoms with E-state index in [-0.39, 0.29) is 11.3 Å². The predicted octanol–water partition coefficient (Wildman–Crippen LogP) is 4.26. The number of nitrogens with one attached hydrogen (secondary N) is 1. The number of Topliss-reactive ketones (excluding diaryl/α,β-unsaturated/α-hetero) is 1. The van der Waals surface area contributed by atoms with Crippen LogP contribution >= 0.6 is 27.9 Å². The number of carboxylic acid groups (broad SMARTS) is 1. The van der Waals surface area contributed by atoms with E-state index in [1.165, 1.54) is 11.6 Å². The summed E-state index contributed by atoms with van der Waals surface area (Å²) in [6, 6.07) is 12.0. The summed E-state index contributed by atoms with van der Waals surface area (Å²) in [5, 5.41) is 10.1. The molecular weight excluding hydrogens is 520 g/mol. The maximum absolute atomic E-state index is 13.8. The van der Waals surface area contributed by atoms with Gasteiger partial charge in [-0.05, 0) is 50.1 Å². The summed E-state index contributed by atoms with van der Waals surface area (Å²) in [7, 11) is 0. The zero-order valence-electron chi connectivity index (χ0n) is 18.6. The first kappa shape index (κ1) is 22.7. The number of aromatic amines is 1. The number of carbonyl (C=O) groups is 2. The Morgan fingerprint density at radius 1 is 1.18 bits per heavy atom. The molecule has 3 unspecified atom stereocenters. The quantitative estimate of drug-likeness (QED) is 0.372. The van der Waals surface area contributed by atoms with Gasteiger partial charge in [-0.2, -0.15) is 4.68 Å². The van der Waals surface area contributed by atoms with E-state index in [9.17, 15) is 19.5 Å². The standard InChI is InChI=1S/C24H21BrN4O4S/c1-11(24(32)33)22-21(30)20(19-12(2)26-17-7-5-4-6-15(17)19)29(34-22)28-13(3)27-18-9-8-14(25)10-16(18)23(28)31/h4-11,20,22,26H,1-3H3,(H,32,33). The van der Waals surface area contributed by atoms with Crippen LogP contribution in [0.4, 0.5) is 0 Å². The highest BCUT2D eigenvalue weighted by Gasteiger charge is 2.49. The molecular formula is C24H21BrN4O4S. The smallest absolute Gasteiger partial charge is 0.307 e. The topological polar surface area (TPSA) is 108 Å². The van der Waals surface area contributed by atoms with E-state index in [1.807, 2.05) is 37.3 Å². The molecule has 1 aliphatic rings. The average Bonchev–Trinajstić information content (AvgIpc) is 3.29. The van der Waals surface area contributed by atoms with E-state index in [2.05, 4.69) is 25.9 Å². The number of halogens is 1. The number of fused-ring (bicyclic) bond motifs is 2.